The number of benzene rings is 1. The van der Waals surface area contributed by atoms with Crippen molar-refractivity contribution < 1.29 is 8.42 Å². The normalized spacial score (nSPS) is 12.3. The van der Waals surface area contributed by atoms with Gasteiger partial charge in [0, 0.05) is 18.9 Å². The summed E-state index contributed by atoms with van der Waals surface area (Å²) in [6.45, 7) is 6.66. The van der Waals surface area contributed by atoms with E-state index in [2.05, 4.69) is 30.5 Å². The molecular formula is C17H22N2O2S. The van der Waals surface area contributed by atoms with E-state index in [1.165, 1.54) is 0 Å². The van der Waals surface area contributed by atoms with Gasteiger partial charge < -0.3 is 0 Å². The van der Waals surface area contributed by atoms with Crippen molar-refractivity contribution in [1.82, 2.24) is 9.71 Å². The van der Waals surface area contributed by atoms with Crippen LogP contribution in [0.5, 0.6) is 0 Å². The number of nitrogens with one attached hydrogen (secondary N) is 1. The molecule has 1 aromatic carbocycles. The van der Waals surface area contributed by atoms with Gasteiger partial charge in [0.05, 0.1) is 4.90 Å². The second-order valence-electron chi connectivity index (χ2n) is 5.95. The highest BCUT2D eigenvalue weighted by molar-refractivity contribution is 7.89. The molecule has 2 rings (SSSR count). The molecule has 1 aromatic heterocycles. The Kier molecular flexibility index (Phi) is 4.98. The Hall–Kier alpha value is -1.72. The van der Waals surface area contributed by atoms with Gasteiger partial charge in [-0.15, -0.1) is 0 Å². The van der Waals surface area contributed by atoms with E-state index < -0.39 is 10.0 Å². The van der Waals surface area contributed by atoms with Crippen LogP contribution in [0.4, 0.5) is 0 Å². The number of hydrogen-bond donors (Lipinski definition) is 1. The molecule has 0 atom stereocenters. The summed E-state index contributed by atoms with van der Waals surface area (Å²) in [6, 6.07) is 10.7. The third-order valence-corrected chi connectivity index (χ3v) is 5.44. The minimum Gasteiger partial charge on any atom is -0.264 e. The molecule has 5 heteroatoms. The number of hydrogen-bond acceptors (Lipinski definition) is 3. The molecule has 0 aliphatic heterocycles. The van der Waals surface area contributed by atoms with E-state index >= 15 is 0 Å². The van der Waals surface area contributed by atoms with Gasteiger partial charge in [0.2, 0.25) is 10.0 Å². The first kappa shape index (κ1) is 16.6. The molecule has 22 heavy (non-hydrogen) atoms. The third-order valence-electron chi connectivity index (χ3n) is 4.02. The molecule has 1 heterocycles. The van der Waals surface area contributed by atoms with Crippen molar-refractivity contribution in [3.63, 3.8) is 0 Å². The zero-order chi connectivity index (χ0) is 16.2. The van der Waals surface area contributed by atoms with Crippen molar-refractivity contribution >= 4 is 10.0 Å². The number of rotatable bonds is 6. The summed E-state index contributed by atoms with van der Waals surface area (Å²) in [5.41, 5.74) is 2.02. The highest BCUT2D eigenvalue weighted by atomic mass is 32.2. The summed E-state index contributed by atoms with van der Waals surface area (Å²) < 4.78 is 27.2. The van der Waals surface area contributed by atoms with Crippen LogP contribution < -0.4 is 4.72 Å². The SMILES string of the molecule is CCC(C)(C)c1ccc(S(=O)(=O)NCc2cccnc2)cc1. The topological polar surface area (TPSA) is 59.1 Å². The van der Waals surface area contributed by atoms with Crippen molar-refractivity contribution in [2.24, 2.45) is 0 Å². The fraction of sp³-hybridized carbons (Fsp3) is 0.353. The molecule has 0 amide bonds. The molecule has 0 spiro atoms. The second-order valence-corrected chi connectivity index (χ2v) is 7.71. The molecular weight excluding hydrogens is 296 g/mol. The van der Waals surface area contributed by atoms with Crippen LogP contribution in [0.15, 0.2) is 53.7 Å². The van der Waals surface area contributed by atoms with Crippen LogP contribution in [0.2, 0.25) is 0 Å². The second kappa shape index (κ2) is 6.58. The van der Waals surface area contributed by atoms with Gasteiger partial charge in [0.1, 0.15) is 0 Å². The van der Waals surface area contributed by atoms with Gasteiger partial charge >= 0.3 is 0 Å². The predicted octanol–water partition coefficient (Wildman–Crippen LogP) is 3.25. The molecule has 2 aromatic rings. The van der Waals surface area contributed by atoms with Crippen molar-refractivity contribution in [2.45, 2.75) is 44.0 Å². The van der Waals surface area contributed by atoms with Crippen LogP contribution in [0.1, 0.15) is 38.3 Å². The molecule has 0 saturated carbocycles. The van der Waals surface area contributed by atoms with Crippen LogP contribution in [-0.2, 0) is 22.0 Å². The number of pyridine rings is 1. The zero-order valence-electron chi connectivity index (χ0n) is 13.2. The van der Waals surface area contributed by atoms with E-state index in [0.29, 0.717) is 0 Å². The van der Waals surface area contributed by atoms with Crippen LogP contribution in [-0.4, -0.2) is 13.4 Å². The first-order chi connectivity index (χ1) is 10.3. The van der Waals surface area contributed by atoms with Gasteiger partial charge in [-0.05, 0) is 41.2 Å². The molecule has 0 aliphatic carbocycles. The van der Waals surface area contributed by atoms with Gasteiger partial charge in [0.15, 0.2) is 0 Å². The molecule has 0 bridgehead atoms. The Morgan fingerprint density at radius 3 is 2.36 bits per heavy atom. The highest BCUT2D eigenvalue weighted by Crippen LogP contribution is 2.27. The number of aromatic nitrogens is 1. The minimum absolute atomic E-state index is 0.0471. The monoisotopic (exact) mass is 318 g/mol. The predicted molar refractivity (Wildman–Crippen MR) is 88.0 cm³/mol. The first-order valence-electron chi connectivity index (χ1n) is 7.34. The van der Waals surface area contributed by atoms with E-state index in [4.69, 9.17) is 0 Å². The summed E-state index contributed by atoms with van der Waals surface area (Å²) in [7, 11) is -3.51. The van der Waals surface area contributed by atoms with Crippen LogP contribution in [0.25, 0.3) is 0 Å². The molecule has 0 fully saturated rings. The van der Waals surface area contributed by atoms with Gasteiger partial charge in [-0.25, -0.2) is 13.1 Å². The average Bonchev–Trinajstić information content (AvgIpc) is 2.54. The molecule has 0 saturated heterocycles. The van der Waals surface area contributed by atoms with Gasteiger partial charge in [0.25, 0.3) is 0 Å². The smallest absolute Gasteiger partial charge is 0.240 e. The summed E-state index contributed by atoms with van der Waals surface area (Å²) >= 11 is 0. The van der Waals surface area contributed by atoms with E-state index in [0.717, 1.165) is 17.5 Å². The molecule has 1 N–H and O–H groups in total. The van der Waals surface area contributed by atoms with Crippen LogP contribution >= 0.6 is 0 Å². The summed E-state index contributed by atoms with van der Waals surface area (Å²) in [5, 5.41) is 0. The molecule has 0 unspecified atom stereocenters. The van der Waals surface area contributed by atoms with Gasteiger partial charge in [-0.3, -0.25) is 4.98 Å². The van der Waals surface area contributed by atoms with Crippen molar-refractivity contribution in [3.05, 3.63) is 59.9 Å². The maximum absolute atomic E-state index is 12.3. The summed E-state index contributed by atoms with van der Waals surface area (Å²) in [5.74, 6) is 0. The molecule has 0 aliphatic rings. The van der Waals surface area contributed by atoms with Crippen LogP contribution in [0, 0.1) is 0 Å². The lowest BCUT2D eigenvalue weighted by Crippen LogP contribution is -2.23. The van der Waals surface area contributed by atoms with E-state index in [1.807, 2.05) is 18.2 Å². The first-order valence-corrected chi connectivity index (χ1v) is 8.82. The maximum atomic E-state index is 12.3. The number of nitrogens with zero attached hydrogens (tertiary/aromatic N) is 1. The maximum Gasteiger partial charge on any atom is 0.240 e. The molecule has 118 valence electrons. The lowest BCUT2D eigenvalue weighted by Gasteiger charge is -2.23. The fourth-order valence-electron chi connectivity index (χ4n) is 2.05. The Labute approximate surface area is 132 Å². The molecule has 4 nitrogen and oxygen atoms in total. The minimum atomic E-state index is -3.51. The Morgan fingerprint density at radius 2 is 1.82 bits per heavy atom. The van der Waals surface area contributed by atoms with Gasteiger partial charge in [-0.2, -0.15) is 0 Å². The van der Waals surface area contributed by atoms with E-state index in [9.17, 15) is 8.42 Å². The Bertz CT molecular complexity index is 708. The van der Waals surface area contributed by atoms with Crippen molar-refractivity contribution in [1.29, 1.82) is 0 Å². The third kappa shape index (κ3) is 3.93. The quantitative estimate of drug-likeness (QED) is 0.889. The number of sulfonamides is 1. The Balaban J connectivity index is 2.13. The Morgan fingerprint density at radius 1 is 1.14 bits per heavy atom. The van der Waals surface area contributed by atoms with E-state index in [-0.39, 0.29) is 16.9 Å². The zero-order valence-corrected chi connectivity index (χ0v) is 14.0. The summed E-state index contributed by atoms with van der Waals surface area (Å²) in [4.78, 5) is 4.26. The standard InChI is InChI=1S/C17H22N2O2S/c1-4-17(2,3)15-7-9-16(10-8-15)22(20,21)19-13-14-6-5-11-18-12-14/h5-12,19H,4,13H2,1-3H3. The highest BCUT2D eigenvalue weighted by Gasteiger charge is 2.19. The van der Waals surface area contributed by atoms with Crippen molar-refractivity contribution in [3.8, 4) is 0 Å². The largest absolute Gasteiger partial charge is 0.264 e. The average molecular weight is 318 g/mol. The van der Waals surface area contributed by atoms with Crippen LogP contribution in [0.3, 0.4) is 0 Å². The lowest BCUT2D eigenvalue weighted by molar-refractivity contribution is 0.505. The lowest BCUT2D eigenvalue weighted by atomic mass is 9.82. The van der Waals surface area contributed by atoms with E-state index in [1.54, 1.807) is 30.6 Å². The van der Waals surface area contributed by atoms with Gasteiger partial charge in [-0.1, -0.05) is 39.0 Å². The molecule has 0 radical (unpaired) electrons. The summed E-state index contributed by atoms with van der Waals surface area (Å²) in [6.07, 6.45) is 4.31. The van der Waals surface area contributed by atoms with Crippen molar-refractivity contribution in [2.75, 3.05) is 0 Å². The fourth-order valence-corrected chi connectivity index (χ4v) is 3.07.